The van der Waals surface area contributed by atoms with Crippen LogP contribution in [0.5, 0.6) is 0 Å². The maximum Gasteiger partial charge on any atom is 0.134 e. The molecular formula is C13H17NO2. The van der Waals surface area contributed by atoms with Gasteiger partial charge in [-0.3, -0.25) is 0 Å². The molecule has 0 heterocycles. The second kappa shape index (κ2) is 3.64. The molecule has 16 heavy (non-hydrogen) atoms. The molecule has 2 aliphatic carbocycles. The standard InChI is InChI=1S/C13H17NO2/c1-3-13(15)7-4-5-10-9-11(14-16)6-8-12(10,13)2/h1,9,15-16H,4-8H2,2H3/t12-,13?/m0/s1. The second-order valence-corrected chi connectivity index (χ2v) is 4.95. The van der Waals surface area contributed by atoms with Crippen LogP contribution in [-0.2, 0) is 0 Å². The summed E-state index contributed by atoms with van der Waals surface area (Å²) in [6.45, 7) is 2.02. The molecule has 2 rings (SSSR count). The molecule has 0 aromatic rings. The fourth-order valence-electron chi connectivity index (χ4n) is 2.91. The molecule has 1 unspecified atom stereocenters. The van der Waals surface area contributed by atoms with Gasteiger partial charge >= 0.3 is 0 Å². The van der Waals surface area contributed by atoms with Crippen LogP contribution in [0.25, 0.3) is 0 Å². The monoisotopic (exact) mass is 219 g/mol. The Bertz CT molecular complexity index is 405. The first kappa shape index (κ1) is 11.2. The Morgan fingerprint density at radius 1 is 1.44 bits per heavy atom. The minimum absolute atomic E-state index is 0.353. The second-order valence-electron chi connectivity index (χ2n) is 4.95. The van der Waals surface area contributed by atoms with Crippen molar-refractivity contribution in [3.05, 3.63) is 11.6 Å². The molecular weight excluding hydrogens is 202 g/mol. The van der Waals surface area contributed by atoms with Gasteiger partial charge in [0.1, 0.15) is 5.60 Å². The van der Waals surface area contributed by atoms with E-state index in [4.69, 9.17) is 11.6 Å². The van der Waals surface area contributed by atoms with Gasteiger partial charge in [-0.2, -0.15) is 0 Å². The van der Waals surface area contributed by atoms with E-state index in [9.17, 15) is 5.11 Å². The summed E-state index contributed by atoms with van der Waals surface area (Å²) in [5.74, 6) is 2.57. The van der Waals surface area contributed by atoms with E-state index in [1.807, 2.05) is 13.0 Å². The third kappa shape index (κ3) is 1.37. The van der Waals surface area contributed by atoms with Crippen molar-refractivity contribution in [2.45, 2.75) is 44.6 Å². The quantitative estimate of drug-likeness (QED) is 0.372. The largest absolute Gasteiger partial charge is 0.411 e. The third-order valence-electron chi connectivity index (χ3n) is 4.20. The van der Waals surface area contributed by atoms with E-state index in [1.54, 1.807) is 0 Å². The summed E-state index contributed by atoms with van der Waals surface area (Å²) in [7, 11) is 0. The van der Waals surface area contributed by atoms with Gasteiger partial charge in [-0.25, -0.2) is 0 Å². The van der Waals surface area contributed by atoms with Gasteiger partial charge in [0.15, 0.2) is 0 Å². The van der Waals surface area contributed by atoms with E-state index in [1.165, 1.54) is 0 Å². The van der Waals surface area contributed by atoms with E-state index >= 15 is 0 Å². The molecule has 1 saturated carbocycles. The molecule has 0 radical (unpaired) electrons. The third-order valence-corrected chi connectivity index (χ3v) is 4.20. The lowest BCUT2D eigenvalue weighted by Crippen LogP contribution is -2.50. The fourth-order valence-corrected chi connectivity index (χ4v) is 2.91. The Morgan fingerprint density at radius 3 is 2.81 bits per heavy atom. The number of nitrogens with zero attached hydrogens (tertiary/aromatic N) is 1. The summed E-state index contributed by atoms with van der Waals surface area (Å²) >= 11 is 0. The van der Waals surface area contributed by atoms with Crippen LogP contribution in [0.2, 0.25) is 0 Å². The van der Waals surface area contributed by atoms with E-state index in [2.05, 4.69) is 11.1 Å². The zero-order chi connectivity index (χ0) is 11.8. The van der Waals surface area contributed by atoms with Gasteiger partial charge in [0.05, 0.1) is 5.71 Å². The van der Waals surface area contributed by atoms with E-state index in [0.717, 1.165) is 24.8 Å². The molecule has 2 atom stereocenters. The first-order valence-corrected chi connectivity index (χ1v) is 5.68. The van der Waals surface area contributed by atoms with Gasteiger partial charge in [-0.15, -0.1) is 6.42 Å². The van der Waals surface area contributed by atoms with Crippen molar-refractivity contribution in [1.82, 2.24) is 0 Å². The Morgan fingerprint density at radius 2 is 2.19 bits per heavy atom. The molecule has 3 heteroatoms. The topological polar surface area (TPSA) is 52.8 Å². The number of terminal acetylenes is 1. The minimum Gasteiger partial charge on any atom is -0.411 e. The number of allylic oxidation sites excluding steroid dienone is 1. The lowest BCUT2D eigenvalue weighted by Gasteiger charge is -2.49. The Kier molecular flexibility index (Phi) is 2.55. The van der Waals surface area contributed by atoms with Crippen molar-refractivity contribution >= 4 is 5.71 Å². The molecule has 0 aromatic carbocycles. The smallest absolute Gasteiger partial charge is 0.134 e. The zero-order valence-electron chi connectivity index (χ0n) is 9.53. The first-order valence-electron chi connectivity index (χ1n) is 5.68. The van der Waals surface area contributed by atoms with Crippen LogP contribution < -0.4 is 0 Å². The van der Waals surface area contributed by atoms with Crippen LogP contribution in [-0.4, -0.2) is 21.6 Å². The minimum atomic E-state index is -1.04. The van der Waals surface area contributed by atoms with E-state index < -0.39 is 5.60 Å². The predicted molar refractivity (Wildman–Crippen MR) is 62.3 cm³/mol. The van der Waals surface area contributed by atoms with Crippen LogP contribution in [0.15, 0.2) is 16.8 Å². The summed E-state index contributed by atoms with van der Waals surface area (Å²) in [5, 5.41) is 22.6. The maximum atomic E-state index is 10.5. The van der Waals surface area contributed by atoms with Crippen LogP contribution in [0.4, 0.5) is 0 Å². The van der Waals surface area contributed by atoms with Gasteiger partial charge in [-0.1, -0.05) is 23.6 Å². The Hall–Kier alpha value is -1.27. The van der Waals surface area contributed by atoms with Crippen molar-refractivity contribution in [2.75, 3.05) is 0 Å². The van der Waals surface area contributed by atoms with Crippen molar-refractivity contribution in [1.29, 1.82) is 0 Å². The zero-order valence-corrected chi connectivity index (χ0v) is 9.53. The lowest BCUT2D eigenvalue weighted by atomic mass is 9.57. The number of rotatable bonds is 0. The van der Waals surface area contributed by atoms with Crippen molar-refractivity contribution in [3.8, 4) is 12.3 Å². The molecule has 0 aliphatic heterocycles. The maximum absolute atomic E-state index is 10.5. The van der Waals surface area contributed by atoms with Crippen LogP contribution in [0.1, 0.15) is 39.0 Å². The molecule has 86 valence electrons. The summed E-state index contributed by atoms with van der Waals surface area (Å²) < 4.78 is 0. The van der Waals surface area contributed by atoms with Gasteiger partial charge in [0.25, 0.3) is 0 Å². The molecule has 0 bridgehead atoms. The van der Waals surface area contributed by atoms with Crippen LogP contribution >= 0.6 is 0 Å². The van der Waals surface area contributed by atoms with Crippen LogP contribution in [0.3, 0.4) is 0 Å². The highest BCUT2D eigenvalue weighted by Crippen LogP contribution is 2.52. The molecule has 0 spiro atoms. The van der Waals surface area contributed by atoms with Gasteiger partial charge < -0.3 is 10.3 Å². The number of aliphatic hydroxyl groups is 1. The molecule has 3 nitrogen and oxygen atoms in total. The normalized spacial score (nSPS) is 41.1. The Balaban J connectivity index is 2.46. The number of hydrogen-bond donors (Lipinski definition) is 2. The highest BCUT2D eigenvalue weighted by molar-refractivity contribution is 5.96. The van der Waals surface area contributed by atoms with Gasteiger partial charge in [0.2, 0.25) is 0 Å². The summed E-state index contributed by atoms with van der Waals surface area (Å²) in [4.78, 5) is 0. The average molecular weight is 219 g/mol. The summed E-state index contributed by atoms with van der Waals surface area (Å²) in [6.07, 6.45) is 11.3. The first-order chi connectivity index (χ1) is 7.55. The molecule has 2 N–H and O–H groups in total. The van der Waals surface area contributed by atoms with Crippen LogP contribution in [0, 0.1) is 17.8 Å². The van der Waals surface area contributed by atoms with E-state index in [-0.39, 0.29) is 5.41 Å². The molecule has 0 aromatic heterocycles. The number of oxime groups is 1. The lowest BCUT2D eigenvalue weighted by molar-refractivity contribution is -0.0324. The number of hydrogen-bond acceptors (Lipinski definition) is 3. The molecule has 2 aliphatic rings. The van der Waals surface area contributed by atoms with Crippen molar-refractivity contribution in [2.24, 2.45) is 10.6 Å². The summed E-state index contributed by atoms with van der Waals surface area (Å²) in [6, 6.07) is 0. The molecule has 0 amide bonds. The average Bonchev–Trinajstić information content (AvgIpc) is 2.30. The molecule has 1 fully saturated rings. The van der Waals surface area contributed by atoms with Gasteiger partial charge in [-0.05, 0) is 38.2 Å². The SMILES string of the molecule is C#CC1(O)CCCC2=CC(=NO)CC[C@@]21C. The van der Waals surface area contributed by atoms with Gasteiger partial charge in [0, 0.05) is 5.41 Å². The molecule has 0 saturated heterocycles. The predicted octanol–water partition coefficient (Wildman–Crippen LogP) is 2.09. The summed E-state index contributed by atoms with van der Waals surface area (Å²) in [5.41, 5.74) is 0.415. The van der Waals surface area contributed by atoms with Crippen molar-refractivity contribution < 1.29 is 10.3 Å². The Labute approximate surface area is 95.9 Å². The highest BCUT2D eigenvalue weighted by Gasteiger charge is 2.51. The van der Waals surface area contributed by atoms with E-state index in [0.29, 0.717) is 18.6 Å². The highest BCUT2D eigenvalue weighted by atomic mass is 16.4. The number of fused-ring (bicyclic) bond motifs is 1. The fraction of sp³-hybridized carbons (Fsp3) is 0.615. The van der Waals surface area contributed by atoms with Crippen molar-refractivity contribution in [3.63, 3.8) is 0 Å².